The number of aliphatic hydroxyl groups excluding tert-OH is 1. The number of nitrogens with zero attached hydrogens (tertiary/aromatic N) is 3. The maximum atomic E-state index is 11.5. The first-order valence-corrected chi connectivity index (χ1v) is 7.03. The van der Waals surface area contributed by atoms with E-state index in [9.17, 15) is 15.0 Å². The second-order valence-electron chi connectivity index (χ2n) is 5.56. The first-order valence-electron chi connectivity index (χ1n) is 7.03. The summed E-state index contributed by atoms with van der Waals surface area (Å²) < 4.78 is 5.47. The molecule has 0 saturated carbocycles. The van der Waals surface area contributed by atoms with E-state index in [0.29, 0.717) is 24.7 Å². The third-order valence-corrected chi connectivity index (χ3v) is 3.53. The minimum absolute atomic E-state index is 0.000556. The highest BCUT2D eigenvalue weighted by Gasteiger charge is 2.30. The van der Waals surface area contributed by atoms with Gasteiger partial charge in [0.1, 0.15) is 5.82 Å². The fourth-order valence-corrected chi connectivity index (χ4v) is 2.30. The molecule has 0 aliphatic carbocycles. The molecule has 0 aromatic carbocycles. The molecule has 2 N–H and O–H groups in total. The van der Waals surface area contributed by atoms with Gasteiger partial charge in [-0.15, -0.1) is 0 Å². The highest BCUT2D eigenvalue weighted by molar-refractivity contribution is 5.92. The van der Waals surface area contributed by atoms with E-state index in [4.69, 9.17) is 4.74 Å². The zero-order chi connectivity index (χ0) is 15.6. The van der Waals surface area contributed by atoms with Crippen LogP contribution in [0, 0.1) is 0 Å². The predicted molar refractivity (Wildman–Crippen MR) is 76.7 cm³/mol. The van der Waals surface area contributed by atoms with Crippen LogP contribution in [0.2, 0.25) is 0 Å². The van der Waals surface area contributed by atoms with Gasteiger partial charge in [-0.25, -0.2) is 14.8 Å². The molecular formula is C14H21N3O4. The molecule has 2 heterocycles. The summed E-state index contributed by atoms with van der Waals surface area (Å²) in [4.78, 5) is 21.8. The molecule has 1 aliphatic heterocycles. The summed E-state index contributed by atoms with van der Waals surface area (Å²) in [5.41, 5.74) is 0.472. The van der Waals surface area contributed by atoms with Gasteiger partial charge in [-0.05, 0) is 6.92 Å². The van der Waals surface area contributed by atoms with E-state index < -0.39 is 5.97 Å². The standard InChI is InChI=1S/C14H21N3O4/c1-8(2)13-15-4-11(12(16-13)14(19)20)17-5-10(6-18)21-7-9(17)3/h4,8-10,18H,5-7H2,1-3H3,(H,19,20). The number of ether oxygens (including phenoxy) is 1. The summed E-state index contributed by atoms with van der Waals surface area (Å²) >= 11 is 0. The Balaban J connectivity index is 2.39. The number of carbonyl (C=O) groups is 1. The van der Waals surface area contributed by atoms with Gasteiger partial charge < -0.3 is 19.8 Å². The molecule has 7 heteroatoms. The predicted octanol–water partition coefficient (Wildman–Crippen LogP) is 0.884. The number of hydrogen-bond donors (Lipinski definition) is 2. The van der Waals surface area contributed by atoms with Crippen molar-refractivity contribution in [2.24, 2.45) is 0 Å². The highest BCUT2D eigenvalue weighted by Crippen LogP contribution is 2.25. The minimum atomic E-state index is -1.08. The lowest BCUT2D eigenvalue weighted by molar-refractivity contribution is -0.0104. The van der Waals surface area contributed by atoms with E-state index in [2.05, 4.69) is 9.97 Å². The van der Waals surface area contributed by atoms with Gasteiger partial charge in [0.2, 0.25) is 0 Å². The van der Waals surface area contributed by atoms with Crippen LogP contribution < -0.4 is 4.90 Å². The number of aliphatic hydroxyl groups is 1. The summed E-state index contributed by atoms with van der Waals surface area (Å²) in [6.45, 7) is 6.52. The topological polar surface area (TPSA) is 95.8 Å². The molecule has 116 valence electrons. The quantitative estimate of drug-likeness (QED) is 0.851. The Labute approximate surface area is 123 Å². The number of carboxylic acids is 1. The zero-order valence-electron chi connectivity index (χ0n) is 12.5. The van der Waals surface area contributed by atoms with Crippen molar-refractivity contribution in [3.05, 3.63) is 17.7 Å². The molecule has 1 saturated heterocycles. The first kappa shape index (κ1) is 15.7. The smallest absolute Gasteiger partial charge is 0.356 e. The molecule has 1 aromatic rings. The number of rotatable bonds is 4. The number of aromatic carboxylic acids is 1. The van der Waals surface area contributed by atoms with Crippen LogP contribution in [0.4, 0.5) is 5.69 Å². The highest BCUT2D eigenvalue weighted by atomic mass is 16.5. The van der Waals surface area contributed by atoms with Crippen molar-refractivity contribution in [2.45, 2.75) is 38.8 Å². The Morgan fingerprint density at radius 3 is 2.86 bits per heavy atom. The third kappa shape index (κ3) is 3.30. The van der Waals surface area contributed by atoms with E-state index in [1.54, 1.807) is 6.20 Å². The van der Waals surface area contributed by atoms with Gasteiger partial charge in [0.15, 0.2) is 5.69 Å². The third-order valence-electron chi connectivity index (χ3n) is 3.53. The molecule has 1 aliphatic rings. The number of anilines is 1. The normalized spacial score (nSPS) is 22.6. The van der Waals surface area contributed by atoms with Gasteiger partial charge in [0.25, 0.3) is 0 Å². The van der Waals surface area contributed by atoms with Crippen molar-refractivity contribution >= 4 is 11.7 Å². The maximum absolute atomic E-state index is 11.5. The van der Waals surface area contributed by atoms with Crippen molar-refractivity contribution < 1.29 is 19.7 Å². The molecule has 0 bridgehead atoms. The van der Waals surface area contributed by atoms with Crippen LogP contribution >= 0.6 is 0 Å². The number of hydrogen-bond acceptors (Lipinski definition) is 6. The van der Waals surface area contributed by atoms with E-state index in [0.717, 1.165) is 0 Å². The van der Waals surface area contributed by atoms with Crippen LogP contribution in [0.15, 0.2) is 6.20 Å². The fraction of sp³-hybridized carbons (Fsp3) is 0.643. The van der Waals surface area contributed by atoms with Crippen molar-refractivity contribution in [1.29, 1.82) is 0 Å². The van der Waals surface area contributed by atoms with Gasteiger partial charge in [0, 0.05) is 18.5 Å². The van der Waals surface area contributed by atoms with E-state index in [1.165, 1.54) is 0 Å². The fourth-order valence-electron chi connectivity index (χ4n) is 2.30. The maximum Gasteiger partial charge on any atom is 0.356 e. The molecule has 1 aromatic heterocycles. The van der Waals surface area contributed by atoms with Crippen LogP contribution in [0.5, 0.6) is 0 Å². The summed E-state index contributed by atoms with van der Waals surface area (Å²) in [5, 5.41) is 18.7. The molecule has 0 spiro atoms. The lowest BCUT2D eigenvalue weighted by Crippen LogP contribution is -2.50. The summed E-state index contributed by atoms with van der Waals surface area (Å²) in [7, 11) is 0. The SMILES string of the molecule is CC(C)c1ncc(N2CC(CO)OCC2C)c(C(=O)O)n1. The first-order chi connectivity index (χ1) is 9.93. The summed E-state index contributed by atoms with van der Waals surface area (Å²) in [5.74, 6) is -0.506. The summed E-state index contributed by atoms with van der Waals surface area (Å²) in [6, 6.07) is -0.000556. The van der Waals surface area contributed by atoms with Crippen LogP contribution in [-0.4, -0.2) is 58.1 Å². The Bertz CT molecular complexity index is 521. The second-order valence-corrected chi connectivity index (χ2v) is 5.56. The minimum Gasteiger partial charge on any atom is -0.476 e. The number of aromatic nitrogens is 2. The van der Waals surface area contributed by atoms with Gasteiger partial charge in [-0.2, -0.15) is 0 Å². The molecule has 0 radical (unpaired) electrons. The van der Waals surface area contributed by atoms with Gasteiger partial charge in [-0.1, -0.05) is 13.8 Å². The van der Waals surface area contributed by atoms with Crippen LogP contribution in [0.3, 0.4) is 0 Å². The Morgan fingerprint density at radius 1 is 1.57 bits per heavy atom. The van der Waals surface area contributed by atoms with Crippen LogP contribution in [-0.2, 0) is 4.74 Å². The Morgan fingerprint density at radius 2 is 2.29 bits per heavy atom. The number of carboxylic acid groups (broad SMARTS) is 1. The average Bonchev–Trinajstić information content (AvgIpc) is 2.47. The molecule has 2 rings (SSSR count). The molecule has 1 fully saturated rings. The monoisotopic (exact) mass is 295 g/mol. The lowest BCUT2D eigenvalue weighted by atomic mass is 10.1. The van der Waals surface area contributed by atoms with Crippen molar-refractivity contribution in [3.63, 3.8) is 0 Å². The average molecular weight is 295 g/mol. The summed E-state index contributed by atoms with van der Waals surface area (Å²) in [6.07, 6.45) is 1.23. The molecule has 2 atom stereocenters. The molecule has 0 amide bonds. The Kier molecular flexibility index (Phi) is 4.74. The van der Waals surface area contributed by atoms with Gasteiger partial charge >= 0.3 is 5.97 Å². The van der Waals surface area contributed by atoms with E-state index in [-0.39, 0.29) is 30.4 Å². The van der Waals surface area contributed by atoms with Crippen LogP contribution in [0.1, 0.15) is 43.0 Å². The van der Waals surface area contributed by atoms with Gasteiger partial charge in [0.05, 0.1) is 31.2 Å². The molecular weight excluding hydrogens is 274 g/mol. The largest absolute Gasteiger partial charge is 0.476 e. The molecule has 7 nitrogen and oxygen atoms in total. The van der Waals surface area contributed by atoms with Crippen LogP contribution in [0.25, 0.3) is 0 Å². The van der Waals surface area contributed by atoms with E-state index >= 15 is 0 Å². The van der Waals surface area contributed by atoms with Crippen molar-refractivity contribution in [3.8, 4) is 0 Å². The van der Waals surface area contributed by atoms with E-state index in [1.807, 2.05) is 25.7 Å². The zero-order valence-corrected chi connectivity index (χ0v) is 12.5. The van der Waals surface area contributed by atoms with Gasteiger partial charge in [-0.3, -0.25) is 0 Å². The molecule has 21 heavy (non-hydrogen) atoms. The second kappa shape index (κ2) is 6.36. The molecule has 2 unspecified atom stereocenters. The van der Waals surface area contributed by atoms with Crippen molar-refractivity contribution in [1.82, 2.24) is 9.97 Å². The van der Waals surface area contributed by atoms with Crippen molar-refractivity contribution in [2.75, 3.05) is 24.7 Å². The number of morpholine rings is 1. The Hall–Kier alpha value is -1.73. The lowest BCUT2D eigenvalue weighted by Gasteiger charge is -2.39.